The van der Waals surface area contributed by atoms with Gasteiger partial charge in [0.2, 0.25) is 5.91 Å². The number of nitrogens with one attached hydrogen (secondary N) is 1. The van der Waals surface area contributed by atoms with E-state index >= 15 is 0 Å². The number of carbonyl (C=O) groups is 1. The molecule has 0 aromatic heterocycles. The van der Waals surface area contributed by atoms with Gasteiger partial charge in [0.25, 0.3) is 0 Å². The number of hydrogen-bond acceptors (Lipinski definition) is 4. The summed E-state index contributed by atoms with van der Waals surface area (Å²) >= 11 is 0. The van der Waals surface area contributed by atoms with Crippen molar-refractivity contribution in [3.63, 3.8) is 0 Å². The van der Waals surface area contributed by atoms with Crippen molar-refractivity contribution in [3.8, 4) is 0 Å². The maximum Gasteiger partial charge on any atom is 0.248 e. The van der Waals surface area contributed by atoms with Crippen LogP contribution in [0, 0.1) is 0 Å². The highest BCUT2D eigenvalue weighted by Crippen LogP contribution is 2.09. The van der Waals surface area contributed by atoms with E-state index in [4.69, 9.17) is 9.47 Å². The Morgan fingerprint density at radius 1 is 1.30 bits per heavy atom. The van der Waals surface area contributed by atoms with Crippen molar-refractivity contribution in [2.45, 2.75) is 45.7 Å². The third-order valence-corrected chi connectivity index (χ3v) is 3.93. The molecule has 1 amide bonds. The third-order valence-electron chi connectivity index (χ3n) is 3.93. The smallest absolute Gasteiger partial charge is 0.248 e. The Morgan fingerprint density at radius 3 is 2.61 bits per heavy atom. The monoisotopic (exact) mass is 320 g/mol. The van der Waals surface area contributed by atoms with Crippen molar-refractivity contribution in [1.29, 1.82) is 0 Å². The van der Waals surface area contributed by atoms with Gasteiger partial charge in [-0.05, 0) is 26.3 Å². The van der Waals surface area contributed by atoms with Gasteiger partial charge >= 0.3 is 0 Å². The molecule has 5 heteroatoms. The summed E-state index contributed by atoms with van der Waals surface area (Å²) < 4.78 is 11.3. The second-order valence-electron chi connectivity index (χ2n) is 6.25. The normalized spacial score (nSPS) is 23.4. The van der Waals surface area contributed by atoms with Crippen LogP contribution in [0.5, 0.6) is 0 Å². The highest BCUT2D eigenvalue weighted by Gasteiger charge is 2.22. The van der Waals surface area contributed by atoms with E-state index in [-0.39, 0.29) is 18.1 Å². The second kappa shape index (κ2) is 9.01. The van der Waals surface area contributed by atoms with Crippen LogP contribution < -0.4 is 5.32 Å². The molecule has 1 aliphatic rings. The van der Waals surface area contributed by atoms with Gasteiger partial charge in [0, 0.05) is 26.2 Å². The van der Waals surface area contributed by atoms with Crippen molar-refractivity contribution >= 4 is 5.91 Å². The van der Waals surface area contributed by atoms with Crippen molar-refractivity contribution in [2.24, 2.45) is 0 Å². The van der Waals surface area contributed by atoms with Crippen molar-refractivity contribution < 1.29 is 14.3 Å². The van der Waals surface area contributed by atoms with Gasteiger partial charge in [0.05, 0.1) is 18.8 Å². The van der Waals surface area contributed by atoms with Crippen LogP contribution in [-0.4, -0.2) is 55.3 Å². The first kappa shape index (κ1) is 17.9. The van der Waals surface area contributed by atoms with Gasteiger partial charge in [-0.1, -0.05) is 30.3 Å². The summed E-state index contributed by atoms with van der Waals surface area (Å²) in [4.78, 5) is 14.4. The molecule has 1 aromatic rings. The largest absolute Gasteiger partial charge is 0.373 e. The molecule has 2 rings (SSSR count). The Hall–Kier alpha value is -1.43. The fourth-order valence-corrected chi connectivity index (χ4v) is 2.82. The first-order valence-electron chi connectivity index (χ1n) is 8.35. The van der Waals surface area contributed by atoms with Crippen LogP contribution in [0.3, 0.4) is 0 Å². The Morgan fingerprint density at radius 2 is 1.96 bits per heavy atom. The third kappa shape index (κ3) is 6.29. The van der Waals surface area contributed by atoms with Crippen molar-refractivity contribution in [3.05, 3.63) is 35.9 Å². The maximum absolute atomic E-state index is 12.1. The van der Waals surface area contributed by atoms with E-state index in [0.29, 0.717) is 13.2 Å². The highest BCUT2D eigenvalue weighted by atomic mass is 16.5. The number of carbonyl (C=O) groups excluding carboxylic acids is 1. The number of benzene rings is 1. The zero-order valence-electron chi connectivity index (χ0n) is 14.3. The molecule has 1 N–H and O–H groups in total. The van der Waals surface area contributed by atoms with E-state index in [1.54, 1.807) is 6.92 Å². The topological polar surface area (TPSA) is 50.8 Å². The lowest BCUT2D eigenvalue weighted by Crippen LogP contribution is -2.48. The molecule has 3 atom stereocenters. The Kier molecular flexibility index (Phi) is 7.02. The maximum atomic E-state index is 12.1. The lowest BCUT2D eigenvalue weighted by molar-refractivity contribution is -0.132. The number of ether oxygens (including phenoxy) is 2. The molecular formula is C18H28N2O3. The number of nitrogens with zero attached hydrogens (tertiary/aromatic N) is 1. The number of amides is 1. The van der Waals surface area contributed by atoms with Crippen molar-refractivity contribution in [2.75, 3.05) is 26.2 Å². The van der Waals surface area contributed by atoms with Crippen molar-refractivity contribution in [1.82, 2.24) is 10.2 Å². The van der Waals surface area contributed by atoms with Gasteiger partial charge in [-0.25, -0.2) is 0 Å². The summed E-state index contributed by atoms with van der Waals surface area (Å²) in [5, 5.41) is 2.95. The minimum Gasteiger partial charge on any atom is -0.373 e. The van der Waals surface area contributed by atoms with E-state index in [0.717, 1.165) is 25.2 Å². The van der Waals surface area contributed by atoms with Gasteiger partial charge < -0.3 is 14.8 Å². The summed E-state index contributed by atoms with van der Waals surface area (Å²) in [6.07, 6.45) is 0.0582. The molecule has 23 heavy (non-hydrogen) atoms. The fourth-order valence-electron chi connectivity index (χ4n) is 2.82. The molecule has 0 bridgehead atoms. The van der Waals surface area contributed by atoms with Crippen LogP contribution in [0.2, 0.25) is 0 Å². The molecule has 0 aliphatic carbocycles. The predicted octanol–water partition coefficient (Wildman–Crippen LogP) is 1.82. The molecule has 5 nitrogen and oxygen atoms in total. The van der Waals surface area contributed by atoms with Crippen LogP contribution >= 0.6 is 0 Å². The van der Waals surface area contributed by atoms with Gasteiger partial charge in [-0.3, -0.25) is 9.69 Å². The average Bonchev–Trinajstić information content (AvgIpc) is 2.52. The molecule has 0 unspecified atom stereocenters. The molecule has 0 radical (unpaired) electrons. The molecular weight excluding hydrogens is 292 g/mol. The minimum absolute atomic E-state index is 0.0599. The van der Waals surface area contributed by atoms with Gasteiger partial charge in [0.15, 0.2) is 0 Å². The van der Waals surface area contributed by atoms with Gasteiger partial charge in [0.1, 0.15) is 6.10 Å². The number of hydrogen-bond donors (Lipinski definition) is 1. The van der Waals surface area contributed by atoms with Crippen LogP contribution in [0.4, 0.5) is 0 Å². The summed E-state index contributed by atoms with van der Waals surface area (Å²) in [5.41, 5.74) is 1.07. The molecule has 0 spiro atoms. The lowest BCUT2D eigenvalue weighted by Gasteiger charge is -2.35. The second-order valence-corrected chi connectivity index (χ2v) is 6.25. The zero-order valence-corrected chi connectivity index (χ0v) is 14.3. The minimum atomic E-state index is -0.447. The molecule has 1 heterocycles. The first-order chi connectivity index (χ1) is 11.0. The Balaban J connectivity index is 1.64. The van der Waals surface area contributed by atoms with Crippen LogP contribution in [0.25, 0.3) is 0 Å². The molecule has 1 aromatic carbocycles. The number of rotatable bonds is 7. The van der Waals surface area contributed by atoms with E-state index in [9.17, 15) is 4.79 Å². The molecule has 1 fully saturated rings. The highest BCUT2D eigenvalue weighted by molar-refractivity contribution is 5.80. The summed E-state index contributed by atoms with van der Waals surface area (Å²) in [6.45, 7) is 9.72. The molecule has 128 valence electrons. The zero-order chi connectivity index (χ0) is 16.7. The lowest BCUT2D eigenvalue weighted by atomic mass is 10.2. The van der Waals surface area contributed by atoms with E-state index in [1.807, 2.05) is 30.3 Å². The first-order valence-corrected chi connectivity index (χ1v) is 8.35. The van der Waals surface area contributed by atoms with Gasteiger partial charge in [-0.2, -0.15) is 0 Å². The molecule has 1 saturated heterocycles. The SMILES string of the molecule is C[C@@H]1CN(CCNC(=O)[C@H](C)OCc2ccccc2)C[C@H](C)O1. The van der Waals surface area contributed by atoms with E-state index < -0.39 is 6.10 Å². The standard InChI is InChI=1S/C18H28N2O3/c1-14-11-20(12-15(2)23-14)10-9-19-18(21)16(3)22-13-17-7-5-4-6-8-17/h4-8,14-16H,9-13H2,1-3H3,(H,19,21)/t14-,15+,16-/m0/s1. The van der Waals surface area contributed by atoms with Crippen LogP contribution in [-0.2, 0) is 20.9 Å². The fraction of sp³-hybridized carbons (Fsp3) is 0.611. The Labute approximate surface area is 139 Å². The van der Waals surface area contributed by atoms with Crippen LogP contribution in [0.15, 0.2) is 30.3 Å². The van der Waals surface area contributed by atoms with E-state index in [1.165, 1.54) is 0 Å². The van der Waals surface area contributed by atoms with Gasteiger partial charge in [-0.15, -0.1) is 0 Å². The summed E-state index contributed by atoms with van der Waals surface area (Å²) in [6, 6.07) is 9.88. The summed E-state index contributed by atoms with van der Waals surface area (Å²) in [7, 11) is 0. The quantitative estimate of drug-likeness (QED) is 0.832. The molecule has 1 aliphatic heterocycles. The number of morpholine rings is 1. The Bertz CT molecular complexity index is 470. The van der Waals surface area contributed by atoms with Crippen LogP contribution in [0.1, 0.15) is 26.3 Å². The predicted molar refractivity (Wildman–Crippen MR) is 90.2 cm³/mol. The molecule has 0 saturated carbocycles. The average molecular weight is 320 g/mol. The van der Waals surface area contributed by atoms with E-state index in [2.05, 4.69) is 24.1 Å². The summed E-state index contributed by atoms with van der Waals surface area (Å²) in [5.74, 6) is -0.0599.